The molecule has 3 heteroatoms. The van der Waals surface area contributed by atoms with Gasteiger partial charge in [0.25, 0.3) is 0 Å². The number of hydrogen-bond acceptors (Lipinski definition) is 3. The number of aryl methyl sites for hydroxylation is 2. The lowest BCUT2D eigenvalue weighted by molar-refractivity contribution is -0.130. The van der Waals surface area contributed by atoms with Gasteiger partial charge in [0.2, 0.25) is 0 Å². The van der Waals surface area contributed by atoms with E-state index in [2.05, 4.69) is 114 Å². The van der Waals surface area contributed by atoms with Crippen LogP contribution < -0.4 is 4.74 Å². The van der Waals surface area contributed by atoms with Gasteiger partial charge in [0.15, 0.2) is 0 Å². The smallest absolute Gasteiger partial charge is 0.338 e. The van der Waals surface area contributed by atoms with Crippen LogP contribution in [0.4, 0.5) is 0 Å². The molecule has 0 aromatic heterocycles. The number of phenols is 1. The minimum absolute atomic E-state index is 0.00736. The molecular formula is C38H58O3. The lowest BCUT2D eigenvalue weighted by Gasteiger charge is -2.32. The molecule has 0 unspecified atom stereocenters. The zero-order valence-electron chi connectivity index (χ0n) is 28.5. The molecule has 0 bridgehead atoms. The lowest BCUT2D eigenvalue weighted by atomic mass is 9.74. The molecule has 3 nitrogen and oxygen atoms in total. The monoisotopic (exact) mass is 562 g/mol. The number of hydrogen-bond donors (Lipinski definition) is 1. The molecule has 0 aliphatic carbocycles. The molecule has 0 aliphatic heterocycles. The highest BCUT2D eigenvalue weighted by Gasteiger charge is 2.31. The Labute approximate surface area is 251 Å². The van der Waals surface area contributed by atoms with E-state index in [4.69, 9.17) is 4.74 Å². The van der Waals surface area contributed by atoms with Gasteiger partial charge in [-0.2, -0.15) is 0 Å². The van der Waals surface area contributed by atoms with E-state index >= 15 is 0 Å². The fraction of sp³-hybridized carbons (Fsp3) is 0.605. The number of benzene rings is 2. The van der Waals surface area contributed by atoms with E-state index in [0.29, 0.717) is 29.9 Å². The van der Waals surface area contributed by atoms with Crippen LogP contribution in [-0.4, -0.2) is 11.1 Å². The van der Waals surface area contributed by atoms with Gasteiger partial charge in [0, 0.05) is 16.7 Å². The van der Waals surface area contributed by atoms with E-state index in [1.54, 1.807) is 6.92 Å². The van der Waals surface area contributed by atoms with Gasteiger partial charge >= 0.3 is 5.97 Å². The second kappa shape index (κ2) is 12.8. The first-order valence-corrected chi connectivity index (χ1v) is 15.7. The predicted octanol–water partition coefficient (Wildman–Crippen LogP) is 10.4. The summed E-state index contributed by atoms with van der Waals surface area (Å²) in [5, 5.41) is 11.6. The summed E-state index contributed by atoms with van der Waals surface area (Å²) in [6.07, 6.45) is 5.13. The number of rotatable bonds is 13. The van der Waals surface area contributed by atoms with Gasteiger partial charge < -0.3 is 9.84 Å². The van der Waals surface area contributed by atoms with Gasteiger partial charge in [-0.15, -0.1) is 0 Å². The van der Waals surface area contributed by atoms with Crippen LogP contribution in [0.5, 0.6) is 11.5 Å². The molecule has 0 amide bonds. The quantitative estimate of drug-likeness (QED) is 0.150. The van der Waals surface area contributed by atoms with Crippen molar-refractivity contribution in [1.82, 2.24) is 0 Å². The number of phenolic OH excluding ortho intramolecular Hbond substituents is 1. The fourth-order valence-electron chi connectivity index (χ4n) is 4.92. The molecule has 2 aromatic carbocycles. The molecule has 0 aliphatic rings. The highest BCUT2D eigenvalue weighted by Crippen LogP contribution is 2.44. The number of ether oxygens (including phenoxy) is 1. The Balaban J connectivity index is 2.83. The van der Waals surface area contributed by atoms with E-state index in [0.717, 1.165) is 47.9 Å². The van der Waals surface area contributed by atoms with E-state index in [9.17, 15) is 9.90 Å². The van der Waals surface area contributed by atoms with E-state index in [-0.39, 0.29) is 21.7 Å². The maximum absolute atomic E-state index is 12.9. The second-order valence-electron chi connectivity index (χ2n) is 14.7. The summed E-state index contributed by atoms with van der Waals surface area (Å²) in [5.41, 5.74) is 6.54. The molecule has 228 valence electrons. The number of carbonyl (C=O) groups is 1. The van der Waals surface area contributed by atoms with Gasteiger partial charge in [-0.25, -0.2) is 4.79 Å². The molecule has 0 atom stereocenters. The normalized spacial score (nSPS) is 12.9. The zero-order chi connectivity index (χ0) is 31.6. The molecule has 41 heavy (non-hydrogen) atoms. The first-order chi connectivity index (χ1) is 18.8. The minimum atomic E-state index is -0.400. The average molecular weight is 563 g/mol. The van der Waals surface area contributed by atoms with Crippen molar-refractivity contribution in [2.45, 2.75) is 150 Å². The summed E-state index contributed by atoms with van der Waals surface area (Å²) >= 11 is 0. The van der Waals surface area contributed by atoms with Crippen molar-refractivity contribution in [2.75, 3.05) is 0 Å². The van der Waals surface area contributed by atoms with Crippen LogP contribution in [-0.2, 0) is 39.3 Å². The predicted molar refractivity (Wildman–Crippen MR) is 176 cm³/mol. The molecule has 0 saturated carbocycles. The first kappa shape index (κ1) is 34.7. The highest BCUT2D eigenvalue weighted by atomic mass is 16.5. The average Bonchev–Trinajstić information content (AvgIpc) is 2.92. The third-order valence-corrected chi connectivity index (χ3v) is 10.1. The summed E-state index contributed by atoms with van der Waals surface area (Å²) in [4.78, 5) is 12.9. The van der Waals surface area contributed by atoms with Crippen molar-refractivity contribution >= 4 is 5.97 Å². The van der Waals surface area contributed by atoms with E-state index in [1.807, 2.05) is 0 Å². The largest absolute Gasteiger partial charge is 0.507 e. The molecule has 1 N–H and O–H groups in total. The lowest BCUT2D eigenvalue weighted by Crippen LogP contribution is -2.24. The molecule has 0 heterocycles. The fourth-order valence-corrected chi connectivity index (χ4v) is 4.92. The Bertz CT molecular complexity index is 1260. The Hall–Kier alpha value is -2.55. The molecule has 2 rings (SSSR count). The molecule has 0 fully saturated rings. The van der Waals surface area contributed by atoms with Gasteiger partial charge in [-0.05, 0) is 89.4 Å². The summed E-state index contributed by atoms with van der Waals surface area (Å²) in [7, 11) is 0. The molecule has 0 radical (unpaired) electrons. The number of esters is 1. The van der Waals surface area contributed by atoms with Crippen LogP contribution in [0.25, 0.3) is 0 Å². The van der Waals surface area contributed by atoms with Gasteiger partial charge in [0.1, 0.15) is 11.5 Å². The maximum Gasteiger partial charge on any atom is 0.338 e. The van der Waals surface area contributed by atoms with Gasteiger partial charge in [-0.3, -0.25) is 0 Å². The van der Waals surface area contributed by atoms with Crippen molar-refractivity contribution in [2.24, 2.45) is 0 Å². The van der Waals surface area contributed by atoms with Crippen molar-refractivity contribution in [1.29, 1.82) is 0 Å². The van der Waals surface area contributed by atoms with Crippen molar-refractivity contribution in [3.63, 3.8) is 0 Å². The Morgan fingerprint density at radius 1 is 0.683 bits per heavy atom. The minimum Gasteiger partial charge on any atom is -0.507 e. The maximum atomic E-state index is 12.9. The molecule has 0 saturated heterocycles. The SMILES string of the molecule is C=C(C)C(=O)Oc1c(CCc2cc(C(C)(C)CC)cc(C(C)(C)CC)c2O)cc(C(C)(C)CC)cc1C(C)(C)CC. The standard InChI is InChI=1S/C38H58O3/c1-15-35(7,8)28-21-26(32(39)30(23-28)37(11,12)17-3)19-20-27-22-29(36(9,10)16-2)24-31(38(13,14)18-4)33(27)41-34(40)25(5)6/h21-24,39H,5,15-20H2,1-4,6-14H3. The van der Waals surface area contributed by atoms with Crippen LogP contribution in [0, 0.1) is 0 Å². The zero-order valence-corrected chi connectivity index (χ0v) is 28.5. The van der Waals surface area contributed by atoms with Crippen LogP contribution in [0.1, 0.15) is 149 Å². The van der Waals surface area contributed by atoms with Crippen molar-refractivity contribution < 1.29 is 14.6 Å². The molecule has 0 spiro atoms. The van der Waals surface area contributed by atoms with Gasteiger partial charge in [-0.1, -0.05) is 114 Å². The Kier molecular flexibility index (Phi) is 10.8. The van der Waals surface area contributed by atoms with Crippen LogP contribution in [0.15, 0.2) is 36.4 Å². The van der Waals surface area contributed by atoms with Crippen LogP contribution in [0.3, 0.4) is 0 Å². The summed E-state index contributed by atoms with van der Waals surface area (Å²) < 4.78 is 6.14. The number of carbonyl (C=O) groups excluding carboxylic acids is 1. The summed E-state index contributed by atoms with van der Waals surface area (Å²) in [6, 6.07) is 8.90. The van der Waals surface area contributed by atoms with Gasteiger partial charge in [0.05, 0.1) is 0 Å². The first-order valence-electron chi connectivity index (χ1n) is 15.7. The summed E-state index contributed by atoms with van der Waals surface area (Å²) in [5.74, 6) is 0.648. The van der Waals surface area contributed by atoms with E-state index < -0.39 is 5.97 Å². The summed E-state index contributed by atoms with van der Waals surface area (Å²) in [6.45, 7) is 32.3. The van der Waals surface area contributed by atoms with E-state index in [1.165, 1.54) is 11.1 Å². The second-order valence-corrected chi connectivity index (χ2v) is 14.7. The van der Waals surface area contributed by atoms with Crippen LogP contribution in [0.2, 0.25) is 0 Å². The van der Waals surface area contributed by atoms with Crippen LogP contribution >= 0.6 is 0 Å². The van der Waals surface area contributed by atoms with Crippen molar-refractivity contribution in [3.8, 4) is 11.5 Å². The number of aromatic hydroxyl groups is 1. The Morgan fingerprint density at radius 3 is 1.51 bits per heavy atom. The highest BCUT2D eigenvalue weighted by molar-refractivity contribution is 5.89. The molecule has 2 aromatic rings. The Morgan fingerprint density at radius 2 is 1.07 bits per heavy atom. The third kappa shape index (κ3) is 7.65. The third-order valence-electron chi connectivity index (χ3n) is 10.1. The van der Waals surface area contributed by atoms with Crippen molar-refractivity contribution in [3.05, 3.63) is 69.8 Å². The molecular weight excluding hydrogens is 504 g/mol. The topological polar surface area (TPSA) is 46.5 Å².